The molecule has 3 nitrogen and oxygen atoms in total. The van der Waals surface area contributed by atoms with Gasteiger partial charge < -0.3 is 5.11 Å². The smallest absolute Gasteiger partial charge is 0.104 e. The minimum absolute atomic E-state index is 0.262. The van der Waals surface area contributed by atoms with Crippen LogP contribution in [0, 0.1) is 0 Å². The lowest BCUT2D eigenvalue weighted by Gasteiger charge is -2.52. The van der Waals surface area contributed by atoms with Crippen molar-refractivity contribution < 1.29 is 5.11 Å². The summed E-state index contributed by atoms with van der Waals surface area (Å²) < 4.78 is 6.63. The van der Waals surface area contributed by atoms with Gasteiger partial charge in [0.25, 0.3) is 0 Å². The van der Waals surface area contributed by atoms with Crippen LogP contribution in [-0.2, 0) is 0 Å². The van der Waals surface area contributed by atoms with Gasteiger partial charge in [-0.2, -0.15) is 0 Å². The molecule has 0 rings (SSSR count). The first-order chi connectivity index (χ1) is 14.6. The van der Waals surface area contributed by atoms with Crippen molar-refractivity contribution in [2.24, 2.45) is 0 Å². The average Bonchev–Trinajstić information content (AvgIpc) is 2.74. The summed E-state index contributed by atoms with van der Waals surface area (Å²) >= 11 is 0. The van der Waals surface area contributed by atoms with Crippen LogP contribution in [0.1, 0.15) is 137 Å². The predicted molar refractivity (Wildman–Crippen MR) is 140 cm³/mol. The predicted octanol–water partition coefficient (Wildman–Crippen LogP) is 8.17. The summed E-state index contributed by atoms with van der Waals surface area (Å²) in [4.78, 5) is 0. The van der Waals surface area contributed by atoms with Crippen LogP contribution < -0.4 is 4.72 Å². The van der Waals surface area contributed by atoms with E-state index in [1.54, 1.807) is 0 Å². The summed E-state index contributed by atoms with van der Waals surface area (Å²) in [6.45, 7) is 14.5. The minimum Gasteiger partial charge on any atom is -0.382 e. The lowest BCUT2D eigenvalue weighted by molar-refractivity contribution is 0.263. The average molecular weight is 447 g/mol. The molecule has 0 aromatic heterocycles. The Hall–Kier alpha value is 0.230. The zero-order valence-corrected chi connectivity index (χ0v) is 22.3. The fourth-order valence-electron chi connectivity index (χ4n) is 4.14. The zero-order valence-electron chi connectivity index (χ0n) is 21.5. The van der Waals surface area contributed by atoms with E-state index in [4.69, 9.17) is 0 Å². The second-order valence-corrected chi connectivity index (χ2v) is 12.5. The maximum Gasteiger partial charge on any atom is 0.104 e. The van der Waals surface area contributed by atoms with Crippen molar-refractivity contribution in [1.29, 1.82) is 0 Å². The molecule has 0 aliphatic carbocycles. The summed E-state index contributed by atoms with van der Waals surface area (Å²) in [5.41, 5.74) is -0.262. The van der Waals surface area contributed by atoms with Crippen LogP contribution >= 0.6 is 10.4 Å². The molecule has 0 spiro atoms. The Morgan fingerprint density at radius 3 is 1.50 bits per heavy atom. The second-order valence-electron chi connectivity index (χ2n) is 9.12. The van der Waals surface area contributed by atoms with Crippen molar-refractivity contribution in [2.45, 2.75) is 143 Å². The SMILES string of the molecule is CCCCCCCCCCCCS(NCCCC)(C(C)O)N(CCCC)CCCC. The van der Waals surface area contributed by atoms with E-state index in [0.29, 0.717) is 0 Å². The van der Waals surface area contributed by atoms with E-state index in [-0.39, 0.29) is 5.44 Å². The number of aliphatic hydroxyl groups excluding tert-OH is 1. The molecule has 0 heterocycles. The van der Waals surface area contributed by atoms with Crippen LogP contribution in [0.3, 0.4) is 0 Å². The van der Waals surface area contributed by atoms with Crippen LogP contribution in [0.5, 0.6) is 0 Å². The fraction of sp³-hybridized carbons (Fsp3) is 1.00. The maximum absolute atomic E-state index is 11.0. The molecule has 0 aliphatic rings. The van der Waals surface area contributed by atoms with Gasteiger partial charge >= 0.3 is 0 Å². The fourth-order valence-corrected chi connectivity index (χ4v) is 7.79. The van der Waals surface area contributed by atoms with Crippen LogP contribution in [0.4, 0.5) is 0 Å². The topological polar surface area (TPSA) is 35.5 Å². The van der Waals surface area contributed by atoms with Crippen molar-refractivity contribution in [3.05, 3.63) is 0 Å². The molecule has 2 unspecified atom stereocenters. The number of aliphatic hydroxyl groups is 1. The van der Waals surface area contributed by atoms with Gasteiger partial charge in [0.2, 0.25) is 0 Å². The summed E-state index contributed by atoms with van der Waals surface area (Å²) in [6, 6.07) is 0. The van der Waals surface area contributed by atoms with Gasteiger partial charge in [0.15, 0.2) is 0 Å². The van der Waals surface area contributed by atoms with Crippen LogP contribution in [-0.4, -0.2) is 40.2 Å². The van der Waals surface area contributed by atoms with E-state index in [9.17, 15) is 5.11 Å². The van der Waals surface area contributed by atoms with Gasteiger partial charge in [0.1, 0.15) is 5.44 Å². The Morgan fingerprint density at radius 1 is 0.633 bits per heavy atom. The monoisotopic (exact) mass is 446 g/mol. The van der Waals surface area contributed by atoms with E-state index in [0.717, 1.165) is 25.4 Å². The molecule has 0 fully saturated rings. The Balaban J connectivity index is 4.72. The molecular formula is C26H58N2OS. The van der Waals surface area contributed by atoms with Gasteiger partial charge in [-0.1, -0.05) is 105 Å². The first kappa shape index (κ1) is 30.2. The second kappa shape index (κ2) is 21.1. The van der Waals surface area contributed by atoms with Gasteiger partial charge in [-0.3, -0.25) is 9.03 Å². The van der Waals surface area contributed by atoms with Crippen LogP contribution in [0.25, 0.3) is 0 Å². The molecule has 4 heteroatoms. The molecule has 0 bridgehead atoms. The molecule has 0 saturated carbocycles. The zero-order chi connectivity index (χ0) is 22.5. The lowest BCUT2D eigenvalue weighted by Crippen LogP contribution is -2.45. The van der Waals surface area contributed by atoms with Gasteiger partial charge in [0, 0.05) is 25.4 Å². The van der Waals surface area contributed by atoms with Crippen molar-refractivity contribution in [1.82, 2.24) is 9.03 Å². The first-order valence-electron chi connectivity index (χ1n) is 13.6. The molecule has 0 aromatic carbocycles. The Bertz CT molecular complexity index is 346. The summed E-state index contributed by atoms with van der Waals surface area (Å²) in [6.07, 6.45) is 21.1. The Labute approximate surface area is 192 Å². The third kappa shape index (κ3) is 13.6. The van der Waals surface area contributed by atoms with Crippen molar-refractivity contribution in [3.63, 3.8) is 0 Å². The van der Waals surface area contributed by atoms with E-state index < -0.39 is 10.4 Å². The summed E-state index contributed by atoms with van der Waals surface area (Å²) in [7, 11) is -1.34. The molecule has 2 atom stereocenters. The molecule has 0 amide bonds. The molecule has 0 aliphatic heterocycles. The number of hydrogen-bond donors (Lipinski definition) is 2. The van der Waals surface area contributed by atoms with Gasteiger partial charge in [0.05, 0.1) is 0 Å². The van der Waals surface area contributed by atoms with Crippen molar-refractivity contribution in [3.8, 4) is 0 Å². The highest BCUT2D eigenvalue weighted by Crippen LogP contribution is 2.52. The first-order valence-corrected chi connectivity index (χ1v) is 15.4. The van der Waals surface area contributed by atoms with E-state index >= 15 is 0 Å². The molecule has 184 valence electrons. The standard InChI is InChI=1S/C26H58N2OS/c1-6-10-14-15-16-17-18-19-20-21-25-30(26(5)29,27-22-11-7-2)28(23-12-8-3)24-13-9-4/h26-27,29H,6-25H2,1-5H3. The van der Waals surface area contributed by atoms with Crippen molar-refractivity contribution in [2.75, 3.05) is 25.4 Å². The van der Waals surface area contributed by atoms with E-state index in [1.165, 1.54) is 103 Å². The third-order valence-electron chi connectivity index (χ3n) is 6.24. The third-order valence-corrected chi connectivity index (χ3v) is 10.3. The number of hydrogen-bond acceptors (Lipinski definition) is 3. The quantitative estimate of drug-likeness (QED) is 0.155. The molecule has 0 aromatic rings. The highest BCUT2D eigenvalue weighted by atomic mass is 32.3. The van der Waals surface area contributed by atoms with Gasteiger partial charge in [-0.25, -0.2) is 0 Å². The minimum atomic E-state index is -1.34. The highest BCUT2D eigenvalue weighted by molar-refractivity contribution is 8.30. The molecule has 0 saturated heterocycles. The normalized spacial score (nSPS) is 16.0. The van der Waals surface area contributed by atoms with Gasteiger partial charge in [-0.05, 0) is 32.6 Å². The lowest BCUT2D eigenvalue weighted by atomic mass is 10.1. The molecule has 2 N–H and O–H groups in total. The summed E-state index contributed by atoms with van der Waals surface area (Å²) in [5, 5.41) is 11.0. The number of rotatable bonds is 23. The Kier molecular flexibility index (Phi) is 21.3. The van der Waals surface area contributed by atoms with Gasteiger partial charge in [-0.15, -0.1) is 10.4 Å². The van der Waals surface area contributed by atoms with E-state index in [2.05, 4.69) is 43.6 Å². The number of nitrogens with one attached hydrogen (secondary N) is 1. The Morgan fingerprint density at radius 2 is 1.07 bits per heavy atom. The number of unbranched alkanes of at least 4 members (excludes halogenated alkanes) is 12. The summed E-state index contributed by atoms with van der Waals surface area (Å²) in [5.74, 6) is 1.15. The van der Waals surface area contributed by atoms with E-state index in [1.807, 2.05) is 0 Å². The van der Waals surface area contributed by atoms with Crippen LogP contribution in [0.2, 0.25) is 0 Å². The van der Waals surface area contributed by atoms with Crippen LogP contribution in [0.15, 0.2) is 0 Å². The highest BCUT2D eigenvalue weighted by Gasteiger charge is 2.34. The largest absolute Gasteiger partial charge is 0.382 e. The molecular weight excluding hydrogens is 388 g/mol. The number of nitrogens with zero attached hydrogens (tertiary/aromatic N) is 1. The molecule has 0 radical (unpaired) electrons. The maximum atomic E-state index is 11.0. The van der Waals surface area contributed by atoms with Crippen molar-refractivity contribution >= 4 is 10.4 Å². The molecule has 30 heavy (non-hydrogen) atoms.